The molecular weight excluding hydrogens is 304 g/mol. The Bertz CT molecular complexity index is 486. The van der Waals surface area contributed by atoms with E-state index in [0.717, 1.165) is 25.9 Å². The summed E-state index contributed by atoms with van der Waals surface area (Å²) in [5.74, 6) is 0. The van der Waals surface area contributed by atoms with Gasteiger partial charge >= 0.3 is 6.03 Å². The van der Waals surface area contributed by atoms with Crippen LogP contribution in [0.2, 0.25) is 5.15 Å². The Hall–Kier alpha value is -1.37. The Morgan fingerprint density at radius 2 is 2.36 bits per heavy atom. The average molecular weight is 327 g/mol. The lowest BCUT2D eigenvalue weighted by molar-refractivity contribution is 0.0894. The van der Waals surface area contributed by atoms with Crippen molar-refractivity contribution < 1.29 is 9.90 Å². The first-order valence-corrected chi connectivity index (χ1v) is 8.09. The molecule has 0 aromatic carbocycles. The number of aliphatic hydroxyl groups is 1. The topological polar surface area (TPSA) is 77.5 Å². The van der Waals surface area contributed by atoms with Gasteiger partial charge in [-0.15, -0.1) is 0 Å². The number of halogens is 1. The normalized spacial score (nSPS) is 18.9. The molecule has 7 heteroatoms. The molecular formula is C15H23ClN4O2. The van der Waals surface area contributed by atoms with Crippen LogP contribution in [0.25, 0.3) is 0 Å². The highest BCUT2D eigenvalue weighted by Crippen LogP contribution is 2.17. The number of amides is 2. The Labute approximate surface area is 135 Å². The summed E-state index contributed by atoms with van der Waals surface area (Å²) in [5.41, 5.74) is 0.498. The molecule has 1 aliphatic rings. The predicted molar refractivity (Wildman–Crippen MR) is 87.2 cm³/mol. The molecule has 0 saturated carbocycles. The average Bonchev–Trinajstić information content (AvgIpc) is 2.54. The Morgan fingerprint density at radius 1 is 1.50 bits per heavy atom. The van der Waals surface area contributed by atoms with Gasteiger partial charge in [0, 0.05) is 25.3 Å². The van der Waals surface area contributed by atoms with Crippen molar-refractivity contribution in [3.8, 4) is 0 Å². The van der Waals surface area contributed by atoms with Crippen molar-refractivity contribution >= 4 is 23.3 Å². The number of rotatable bonds is 6. The van der Waals surface area contributed by atoms with E-state index < -0.39 is 0 Å². The number of nitrogens with zero attached hydrogens (tertiary/aromatic N) is 2. The fourth-order valence-electron chi connectivity index (χ4n) is 2.69. The second kappa shape index (κ2) is 8.92. The fraction of sp³-hybridized carbons (Fsp3) is 0.600. The molecule has 6 nitrogen and oxygen atoms in total. The number of urea groups is 1. The summed E-state index contributed by atoms with van der Waals surface area (Å²) >= 11 is 5.88. The maximum atomic E-state index is 11.8. The van der Waals surface area contributed by atoms with Crippen LogP contribution in [0.4, 0.5) is 10.5 Å². The zero-order valence-corrected chi connectivity index (χ0v) is 13.4. The van der Waals surface area contributed by atoms with Crippen molar-refractivity contribution in [3.63, 3.8) is 0 Å². The van der Waals surface area contributed by atoms with E-state index in [1.807, 2.05) is 0 Å². The molecule has 1 aliphatic heterocycles. The second-order valence-corrected chi connectivity index (χ2v) is 5.80. The number of hydrogen-bond donors (Lipinski definition) is 3. The minimum absolute atomic E-state index is 0.216. The number of pyridine rings is 1. The van der Waals surface area contributed by atoms with Gasteiger partial charge in [-0.25, -0.2) is 9.78 Å². The zero-order chi connectivity index (χ0) is 15.8. The van der Waals surface area contributed by atoms with Gasteiger partial charge in [0.25, 0.3) is 0 Å². The number of nitrogens with one attached hydrogen (secondary N) is 2. The highest BCUT2D eigenvalue weighted by atomic mass is 35.5. The van der Waals surface area contributed by atoms with Crippen LogP contribution in [-0.4, -0.2) is 53.3 Å². The lowest BCUT2D eigenvalue weighted by Crippen LogP contribution is -2.43. The van der Waals surface area contributed by atoms with Crippen molar-refractivity contribution in [2.24, 2.45) is 0 Å². The van der Waals surface area contributed by atoms with E-state index in [4.69, 9.17) is 11.6 Å². The van der Waals surface area contributed by atoms with Crippen LogP contribution in [0.1, 0.15) is 25.7 Å². The molecule has 1 saturated heterocycles. The molecule has 2 rings (SSSR count). The van der Waals surface area contributed by atoms with Gasteiger partial charge in [-0.1, -0.05) is 18.0 Å². The van der Waals surface area contributed by atoms with Gasteiger partial charge in [0.1, 0.15) is 0 Å². The smallest absolute Gasteiger partial charge is 0.319 e. The standard InChI is InChI=1S/C15H23ClN4O2/c16-14-13(6-3-7-17-14)19-15(22)18-8-4-10-20-9-2-1-5-12(20)11-21/h3,6-7,12,21H,1-2,4-5,8-11H2,(H2,18,19,22). The third-order valence-electron chi connectivity index (χ3n) is 3.87. The van der Waals surface area contributed by atoms with Crippen LogP contribution in [0.15, 0.2) is 18.3 Å². The number of anilines is 1. The van der Waals surface area contributed by atoms with Gasteiger partial charge in [-0.05, 0) is 37.9 Å². The molecule has 3 N–H and O–H groups in total. The first-order valence-electron chi connectivity index (χ1n) is 7.71. The molecule has 0 spiro atoms. The van der Waals surface area contributed by atoms with Crippen LogP contribution in [0.5, 0.6) is 0 Å². The van der Waals surface area contributed by atoms with Crippen LogP contribution in [-0.2, 0) is 0 Å². The van der Waals surface area contributed by atoms with E-state index in [0.29, 0.717) is 12.2 Å². The maximum Gasteiger partial charge on any atom is 0.319 e. The summed E-state index contributed by atoms with van der Waals surface area (Å²) < 4.78 is 0. The summed E-state index contributed by atoms with van der Waals surface area (Å²) in [6, 6.07) is 3.41. The second-order valence-electron chi connectivity index (χ2n) is 5.44. The maximum absolute atomic E-state index is 11.8. The van der Waals surface area contributed by atoms with Crippen LogP contribution in [0, 0.1) is 0 Å². The molecule has 122 valence electrons. The minimum atomic E-state index is -0.285. The van der Waals surface area contributed by atoms with Gasteiger partial charge in [-0.2, -0.15) is 0 Å². The zero-order valence-electron chi connectivity index (χ0n) is 12.6. The Morgan fingerprint density at radius 3 is 3.14 bits per heavy atom. The van der Waals surface area contributed by atoms with Crippen molar-refractivity contribution in [1.82, 2.24) is 15.2 Å². The number of aliphatic hydroxyl groups excluding tert-OH is 1. The van der Waals surface area contributed by atoms with E-state index in [9.17, 15) is 9.90 Å². The highest BCUT2D eigenvalue weighted by molar-refractivity contribution is 6.32. The van der Waals surface area contributed by atoms with E-state index in [1.54, 1.807) is 18.3 Å². The van der Waals surface area contributed by atoms with Gasteiger partial charge in [0.05, 0.1) is 12.3 Å². The molecule has 22 heavy (non-hydrogen) atoms. The van der Waals surface area contributed by atoms with E-state index in [1.165, 1.54) is 12.8 Å². The summed E-state index contributed by atoms with van der Waals surface area (Å²) in [4.78, 5) is 18.0. The molecule has 0 radical (unpaired) electrons. The van der Waals surface area contributed by atoms with Gasteiger partial charge in [0.2, 0.25) is 0 Å². The van der Waals surface area contributed by atoms with Crippen molar-refractivity contribution in [2.75, 3.05) is 31.6 Å². The van der Waals surface area contributed by atoms with Gasteiger partial charge < -0.3 is 15.7 Å². The van der Waals surface area contributed by atoms with Crippen LogP contribution < -0.4 is 10.6 Å². The third kappa shape index (κ3) is 5.12. The molecule has 2 heterocycles. The number of hydrogen-bond acceptors (Lipinski definition) is 4. The largest absolute Gasteiger partial charge is 0.395 e. The molecule has 2 amide bonds. The SMILES string of the molecule is O=C(NCCCN1CCCCC1CO)Nc1cccnc1Cl. The minimum Gasteiger partial charge on any atom is -0.395 e. The number of likely N-dealkylation sites (tertiary alicyclic amines) is 1. The summed E-state index contributed by atoms with van der Waals surface area (Å²) in [6.45, 7) is 2.72. The van der Waals surface area contributed by atoms with Crippen molar-refractivity contribution in [2.45, 2.75) is 31.7 Å². The molecule has 1 aromatic rings. The first-order chi connectivity index (χ1) is 10.7. The summed E-state index contributed by atoms with van der Waals surface area (Å²) in [5, 5.41) is 15.1. The summed E-state index contributed by atoms with van der Waals surface area (Å²) in [6.07, 6.45) is 5.86. The molecule has 1 atom stereocenters. The van der Waals surface area contributed by atoms with Gasteiger partial charge in [-0.3, -0.25) is 4.90 Å². The Kier molecular flexibility index (Phi) is 6.89. The number of aromatic nitrogens is 1. The fourth-order valence-corrected chi connectivity index (χ4v) is 2.86. The van der Waals surface area contributed by atoms with Crippen molar-refractivity contribution in [3.05, 3.63) is 23.5 Å². The molecule has 1 unspecified atom stereocenters. The lowest BCUT2D eigenvalue weighted by Gasteiger charge is -2.34. The van der Waals surface area contributed by atoms with Crippen molar-refractivity contribution in [1.29, 1.82) is 0 Å². The monoisotopic (exact) mass is 326 g/mol. The third-order valence-corrected chi connectivity index (χ3v) is 4.18. The molecule has 1 aromatic heterocycles. The quantitative estimate of drug-likeness (QED) is 0.552. The highest BCUT2D eigenvalue weighted by Gasteiger charge is 2.20. The van der Waals surface area contributed by atoms with E-state index in [2.05, 4.69) is 20.5 Å². The lowest BCUT2D eigenvalue weighted by atomic mass is 10.0. The van der Waals surface area contributed by atoms with Crippen LogP contribution in [0.3, 0.4) is 0 Å². The molecule has 0 aliphatic carbocycles. The van der Waals surface area contributed by atoms with Crippen LogP contribution >= 0.6 is 11.6 Å². The Balaban J connectivity index is 1.66. The summed E-state index contributed by atoms with van der Waals surface area (Å²) in [7, 11) is 0. The number of carbonyl (C=O) groups excluding carboxylic acids is 1. The predicted octanol–water partition coefficient (Wildman–Crippen LogP) is 2.09. The molecule has 0 bridgehead atoms. The number of piperidine rings is 1. The molecule has 1 fully saturated rings. The first kappa shape index (κ1) is 17.0. The van der Waals surface area contributed by atoms with E-state index >= 15 is 0 Å². The van der Waals surface area contributed by atoms with E-state index in [-0.39, 0.29) is 23.8 Å². The van der Waals surface area contributed by atoms with Gasteiger partial charge in [0.15, 0.2) is 5.15 Å². The number of carbonyl (C=O) groups is 1.